The van der Waals surface area contributed by atoms with E-state index in [9.17, 15) is 9.90 Å². The summed E-state index contributed by atoms with van der Waals surface area (Å²) in [5.41, 5.74) is 3.78. The SMILES string of the molecule is CC[C@@](C)(C(=O)OC(C)(C)C)C(N)O. The van der Waals surface area contributed by atoms with Gasteiger partial charge in [-0.25, -0.2) is 0 Å². The summed E-state index contributed by atoms with van der Waals surface area (Å²) < 4.78 is 5.18. The highest BCUT2D eigenvalue weighted by molar-refractivity contribution is 5.77. The van der Waals surface area contributed by atoms with Gasteiger partial charge in [0.05, 0.1) is 0 Å². The van der Waals surface area contributed by atoms with Crippen molar-refractivity contribution in [1.29, 1.82) is 0 Å². The molecule has 0 spiro atoms. The minimum absolute atomic E-state index is 0.444. The third-order valence-electron chi connectivity index (χ3n) is 2.25. The van der Waals surface area contributed by atoms with Crippen LogP contribution >= 0.6 is 0 Å². The molecule has 0 aromatic heterocycles. The summed E-state index contributed by atoms with van der Waals surface area (Å²) in [7, 11) is 0. The number of hydrogen-bond acceptors (Lipinski definition) is 4. The van der Waals surface area contributed by atoms with Crippen molar-refractivity contribution in [2.75, 3.05) is 0 Å². The topological polar surface area (TPSA) is 72.5 Å². The second kappa shape index (κ2) is 4.28. The number of aliphatic hydroxyl groups is 1. The Morgan fingerprint density at radius 2 is 1.86 bits per heavy atom. The van der Waals surface area contributed by atoms with Crippen LogP contribution in [0.1, 0.15) is 41.0 Å². The molecule has 0 aromatic rings. The predicted octanol–water partition coefficient (Wildman–Crippen LogP) is 1.02. The molecule has 14 heavy (non-hydrogen) atoms. The quantitative estimate of drug-likeness (QED) is 0.530. The lowest BCUT2D eigenvalue weighted by atomic mass is 9.85. The van der Waals surface area contributed by atoms with Crippen molar-refractivity contribution in [2.24, 2.45) is 11.1 Å². The van der Waals surface area contributed by atoms with E-state index in [4.69, 9.17) is 10.5 Å². The predicted molar refractivity (Wildman–Crippen MR) is 54.4 cm³/mol. The van der Waals surface area contributed by atoms with Crippen molar-refractivity contribution in [1.82, 2.24) is 0 Å². The van der Waals surface area contributed by atoms with Crippen molar-refractivity contribution < 1.29 is 14.6 Å². The van der Waals surface area contributed by atoms with Gasteiger partial charge in [0.25, 0.3) is 0 Å². The number of aliphatic hydroxyl groups excluding tert-OH is 1. The molecule has 3 N–H and O–H groups in total. The first-order valence-electron chi connectivity index (χ1n) is 4.80. The van der Waals surface area contributed by atoms with Crippen molar-refractivity contribution >= 4 is 5.97 Å². The molecule has 0 saturated heterocycles. The van der Waals surface area contributed by atoms with E-state index in [1.807, 2.05) is 0 Å². The Morgan fingerprint density at radius 3 is 2.07 bits per heavy atom. The second-order valence-corrected chi connectivity index (χ2v) is 4.72. The van der Waals surface area contributed by atoms with Crippen LogP contribution < -0.4 is 5.73 Å². The van der Waals surface area contributed by atoms with E-state index >= 15 is 0 Å². The third kappa shape index (κ3) is 3.27. The molecule has 1 unspecified atom stereocenters. The summed E-state index contributed by atoms with van der Waals surface area (Å²) in [5, 5.41) is 9.32. The van der Waals surface area contributed by atoms with Gasteiger partial charge in [-0.15, -0.1) is 0 Å². The van der Waals surface area contributed by atoms with E-state index in [2.05, 4.69) is 0 Å². The van der Waals surface area contributed by atoms with Crippen molar-refractivity contribution in [3.63, 3.8) is 0 Å². The van der Waals surface area contributed by atoms with Crippen LogP contribution in [0.15, 0.2) is 0 Å². The number of carbonyl (C=O) groups excluding carboxylic acids is 1. The van der Waals surface area contributed by atoms with Crippen LogP contribution in [0.5, 0.6) is 0 Å². The molecule has 0 aliphatic rings. The van der Waals surface area contributed by atoms with E-state index in [1.165, 1.54) is 0 Å². The minimum Gasteiger partial charge on any atom is -0.459 e. The number of carbonyl (C=O) groups is 1. The Labute approximate surface area is 85.4 Å². The molecule has 0 rings (SSSR count). The Bertz CT molecular complexity index is 208. The lowest BCUT2D eigenvalue weighted by Gasteiger charge is -2.32. The summed E-state index contributed by atoms with van der Waals surface area (Å²) in [4.78, 5) is 11.7. The fourth-order valence-corrected chi connectivity index (χ4v) is 0.869. The smallest absolute Gasteiger partial charge is 0.316 e. The maximum Gasteiger partial charge on any atom is 0.316 e. The van der Waals surface area contributed by atoms with Crippen LogP contribution in [0.2, 0.25) is 0 Å². The van der Waals surface area contributed by atoms with Crippen molar-refractivity contribution in [3.05, 3.63) is 0 Å². The molecule has 0 heterocycles. The maximum absolute atomic E-state index is 11.7. The van der Waals surface area contributed by atoms with Crippen LogP contribution in [-0.4, -0.2) is 22.9 Å². The van der Waals surface area contributed by atoms with Gasteiger partial charge in [0.2, 0.25) is 0 Å². The number of ether oxygens (including phenoxy) is 1. The van der Waals surface area contributed by atoms with E-state index in [0.717, 1.165) is 0 Å². The molecule has 4 heteroatoms. The van der Waals surface area contributed by atoms with Gasteiger partial charge in [0.15, 0.2) is 0 Å². The second-order valence-electron chi connectivity index (χ2n) is 4.72. The van der Waals surface area contributed by atoms with E-state index in [-0.39, 0.29) is 0 Å². The summed E-state index contributed by atoms with van der Waals surface area (Å²) in [5.74, 6) is -0.456. The standard InChI is InChI=1S/C10H21NO3/c1-6-10(5,7(11)12)8(13)14-9(2,3)4/h7,12H,6,11H2,1-5H3/t7?,10-/m1/s1. The number of rotatable bonds is 3. The fraction of sp³-hybridized carbons (Fsp3) is 0.900. The van der Waals surface area contributed by atoms with Crippen molar-refractivity contribution in [3.8, 4) is 0 Å². The molecule has 0 radical (unpaired) electrons. The maximum atomic E-state index is 11.7. The third-order valence-corrected chi connectivity index (χ3v) is 2.25. The molecule has 0 aliphatic carbocycles. The Kier molecular flexibility index (Phi) is 4.09. The molecule has 2 atom stereocenters. The molecule has 4 nitrogen and oxygen atoms in total. The highest BCUT2D eigenvalue weighted by Crippen LogP contribution is 2.27. The molecule has 0 amide bonds. The van der Waals surface area contributed by atoms with Crippen LogP contribution in [0, 0.1) is 5.41 Å². The average Bonchev–Trinajstić information content (AvgIpc) is 1.99. The number of hydrogen-bond donors (Lipinski definition) is 2. The van der Waals surface area contributed by atoms with E-state index < -0.39 is 23.2 Å². The molecule has 0 aliphatic heterocycles. The molecule has 0 bridgehead atoms. The Balaban J connectivity index is 4.64. The lowest BCUT2D eigenvalue weighted by molar-refractivity contribution is -0.173. The monoisotopic (exact) mass is 203 g/mol. The van der Waals surface area contributed by atoms with Gasteiger partial charge < -0.3 is 15.6 Å². The van der Waals surface area contributed by atoms with E-state index in [0.29, 0.717) is 6.42 Å². The van der Waals surface area contributed by atoms with Gasteiger partial charge in [-0.3, -0.25) is 4.79 Å². The first-order valence-corrected chi connectivity index (χ1v) is 4.80. The fourth-order valence-electron chi connectivity index (χ4n) is 0.869. The lowest BCUT2D eigenvalue weighted by Crippen LogP contribution is -2.47. The largest absolute Gasteiger partial charge is 0.459 e. The van der Waals surface area contributed by atoms with Gasteiger partial charge >= 0.3 is 5.97 Å². The molecule has 0 aromatic carbocycles. The zero-order valence-electron chi connectivity index (χ0n) is 9.63. The van der Waals surface area contributed by atoms with Gasteiger partial charge in [-0.1, -0.05) is 6.92 Å². The normalized spacial score (nSPS) is 18.5. The van der Waals surface area contributed by atoms with Crippen LogP contribution in [-0.2, 0) is 9.53 Å². The van der Waals surface area contributed by atoms with Gasteiger partial charge in [-0.05, 0) is 34.1 Å². The summed E-state index contributed by atoms with van der Waals surface area (Å²) >= 11 is 0. The summed E-state index contributed by atoms with van der Waals surface area (Å²) in [6.45, 7) is 8.74. The highest BCUT2D eigenvalue weighted by Gasteiger charge is 2.40. The van der Waals surface area contributed by atoms with Crippen LogP contribution in [0.3, 0.4) is 0 Å². The minimum atomic E-state index is -1.19. The van der Waals surface area contributed by atoms with Gasteiger partial charge in [0.1, 0.15) is 17.2 Å². The molecular formula is C10H21NO3. The molecule has 0 fully saturated rings. The van der Waals surface area contributed by atoms with Gasteiger partial charge in [0, 0.05) is 0 Å². The first kappa shape index (κ1) is 13.4. The average molecular weight is 203 g/mol. The number of nitrogens with two attached hydrogens (primary N) is 1. The Hall–Kier alpha value is -0.610. The first-order chi connectivity index (χ1) is 6.13. The van der Waals surface area contributed by atoms with Crippen LogP contribution in [0.4, 0.5) is 0 Å². The zero-order valence-corrected chi connectivity index (χ0v) is 9.63. The van der Waals surface area contributed by atoms with Crippen LogP contribution in [0.25, 0.3) is 0 Å². The van der Waals surface area contributed by atoms with Gasteiger partial charge in [-0.2, -0.15) is 0 Å². The molecular weight excluding hydrogens is 182 g/mol. The molecule has 84 valence electrons. The Morgan fingerprint density at radius 1 is 1.43 bits per heavy atom. The zero-order chi connectivity index (χ0) is 11.6. The summed E-state index contributed by atoms with van der Waals surface area (Å²) in [6.07, 6.45) is -0.748. The van der Waals surface area contributed by atoms with E-state index in [1.54, 1.807) is 34.6 Å². The summed E-state index contributed by atoms with van der Waals surface area (Å²) in [6, 6.07) is 0. The highest BCUT2D eigenvalue weighted by atomic mass is 16.6. The van der Waals surface area contributed by atoms with Crippen molar-refractivity contribution in [2.45, 2.75) is 52.9 Å². The molecule has 0 saturated carbocycles. The number of esters is 1.